The predicted molar refractivity (Wildman–Crippen MR) is 42.1 cm³/mol. The molecule has 0 saturated heterocycles. The Balaban J connectivity index is 3.41. The Hall–Kier alpha value is -1.65. The van der Waals surface area contributed by atoms with E-state index < -0.39 is 23.4 Å². The lowest BCUT2D eigenvalue weighted by atomic mass is 10.1. The average molecular weight is 202 g/mol. The van der Waals surface area contributed by atoms with Gasteiger partial charge >= 0.3 is 0 Å². The summed E-state index contributed by atoms with van der Waals surface area (Å²) in [4.78, 5) is 20.5. The number of halogens is 3. The van der Waals surface area contributed by atoms with E-state index in [2.05, 4.69) is 0 Å². The molecule has 0 atom stereocenters. The van der Waals surface area contributed by atoms with Crippen molar-refractivity contribution in [3.8, 4) is 0 Å². The lowest BCUT2D eigenvalue weighted by Gasteiger charge is -2.04. The van der Waals surface area contributed by atoms with Crippen molar-refractivity contribution in [3.05, 3.63) is 34.6 Å². The monoisotopic (exact) mass is 202 g/mol. The zero-order chi connectivity index (χ0) is 10.7. The van der Waals surface area contributed by atoms with Gasteiger partial charge in [0.1, 0.15) is 12.1 Å². The highest BCUT2D eigenvalue weighted by atomic mass is 19.3. The Labute approximate surface area is 77.3 Å². The maximum absolute atomic E-state index is 13.0. The summed E-state index contributed by atoms with van der Waals surface area (Å²) in [6.45, 7) is 0. The number of aldehydes is 2. The fourth-order valence-corrected chi connectivity index (χ4v) is 1.01. The van der Waals surface area contributed by atoms with Crippen molar-refractivity contribution in [2.75, 3.05) is 0 Å². The van der Waals surface area contributed by atoms with Crippen molar-refractivity contribution in [2.24, 2.45) is 0 Å². The fraction of sp³-hybridized carbons (Fsp3) is 0.111. The van der Waals surface area contributed by atoms with Crippen LogP contribution in [0, 0.1) is 5.82 Å². The molecule has 0 aliphatic carbocycles. The molecule has 1 rings (SSSR count). The van der Waals surface area contributed by atoms with E-state index in [0.29, 0.717) is 0 Å². The summed E-state index contributed by atoms with van der Waals surface area (Å²) < 4.78 is 37.4. The normalized spacial score (nSPS) is 10.3. The van der Waals surface area contributed by atoms with E-state index in [1.165, 1.54) is 0 Å². The highest BCUT2D eigenvalue weighted by Gasteiger charge is 2.17. The van der Waals surface area contributed by atoms with Gasteiger partial charge in [-0.15, -0.1) is 0 Å². The van der Waals surface area contributed by atoms with Crippen LogP contribution in [0.1, 0.15) is 32.7 Å². The van der Waals surface area contributed by atoms with Crippen LogP contribution in [0.15, 0.2) is 12.1 Å². The maximum Gasteiger partial charge on any atom is 0.266 e. The molecule has 0 radical (unpaired) electrons. The smallest absolute Gasteiger partial charge is 0.266 e. The third-order valence-electron chi connectivity index (χ3n) is 1.65. The van der Waals surface area contributed by atoms with Gasteiger partial charge in [0.05, 0.1) is 11.1 Å². The van der Waals surface area contributed by atoms with Gasteiger partial charge in [0.15, 0.2) is 6.29 Å². The zero-order valence-corrected chi connectivity index (χ0v) is 6.84. The molecule has 0 bridgehead atoms. The van der Waals surface area contributed by atoms with Crippen molar-refractivity contribution in [1.29, 1.82) is 0 Å². The Bertz CT molecular complexity index is 375. The minimum absolute atomic E-state index is 0.0915. The largest absolute Gasteiger partial charge is 0.298 e. The number of hydrogen-bond acceptors (Lipinski definition) is 2. The van der Waals surface area contributed by atoms with Gasteiger partial charge in [0.2, 0.25) is 0 Å². The Kier molecular flexibility index (Phi) is 3.01. The van der Waals surface area contributed by atoms with E-state index in [1.54, 1.807) is 0 Å². The molecule has 0 aliphatic heterocycles. The fourth-order valence-electron chi connectivity index (χ4n) is 1.01. The maximum atomic E-state index is 13.0. The van der Waals surface area contributed by atoms with E-state index in [4.69, 9.17) is 0 Å². The predicted octanol–water partition coefficient (Wildman–Crippen LogP) is 2.39. The number of carbonyl (C=O) groups excluding carboxylic acids is 2. The highest BCUT2D eigenvalue weighted by molar-refractivity contribution is 5.82. The molecule has 2 nitrogen and oxygen atoms in total. The first-order valence-corrected chi connectivity index (χ1v) is 3.62. The van der Waals surface area contributed by atoms with Crippen LogP contribution in [-0.4, -0.2) is 12.6 Å². The molecule has 14 heavy (non-hydrogen) atoms. The number of alkyl halides is 2. The summed E-state index contributed by atoms with van der Waals surface area (Å²) in [5.74, 6) is -1.28. The minimum atomic E-state index is -3.05. The number of rotatable bonds is 3. The number of hydrogen-bond donors (Lipinski definition) is 0. The second kappa shape index (κ2) is 4.04. The summed E-state index contributed by atoms with van der Waals surface area (Å²) in [5, 5.41) is 0. The first-order valence-electron chi connectivity index (χ1n) is 3.62. The van der Waals surface area contributed by atoms with Crippen molar-refractivity contribution in [2.45, 2.75) is 6.43 Å². The van der Waals surface area contributed by atoms with Crippen molar-refractivity contribution in [1.82, 2.24) is 0 Å². The van der Waals surface area contributed by atoms with Gasteiger partial charge in [-0.05, 0) is 12.1 Å². The third-order valence-corrected chi connectivity index (χ3v) is 1.65. The average Bonchev–Trinajstić information content (AvgIpc) is 2.17. The molecule has 0 unspecified atom stereocenters. The van der Waals surface area contributed by atoms with Gasteiger partial charge in [-0.2, -0.15) is 0 Å². The van der Waals surface area contributed by atoms with Crippen LogP contribution in [0.5, 0.6) is 0 Å². The van der Waals surface area contributed by atoms with Crippen LogP contribution < -0.4 is 0 Å². The summed E-state index contributed by atoms with van der Waals surface area (Å²) in [6, 6.07) is 1.64. The standard InChI is InChI=1S/C9H5F3O2/c10-8-6(4-14)1-5(3-13)2-7(8)9(11)12/h1-4,9H. The van der Waals surface area contributed by atoms with Crippen LogP contribution in [0.3, 0.4) is 0 Å². The lowest BCUT2D eigenvalue weighted by molar-refractivity contribution is 0.111. The molecule has 0 amide bonds. The molecule has 0 N–H and O–H groups in total. The SMILES string of the molecule is O=Cc1cc(C=O)c(F)c(C(F)F)c1. The number of benzene rings is 1. The van der Waals surface area contributed by atoms with E-state index in [0.717, 1.165) is 12.1 Å². The molecule has 0 fully saturated rings. The van der Waals surface area contributed by atoms with E-state index >= 15 is 0 Å². The Morgan fingerprint density at radius 1 is 1.14 bits per heavy atom. The van der Waals surface area contributed by atoms with Gasteiger partial charge < -0.3 is 0 Å². The van der Waals surface area contributed by atoms with Gasteiger partial charge in [-0.3, -0.25) is 9.59 Å². The lowest BCUT2D eigenvalue weighted by Crippen LogP contribution is -1.99. The molecule has 0 aromatic heterocycles. The first-order chi connectivity index (χ1) is 6.60. The summed E-state index contributed by atoms with van der Waals surface area (Å²) in [7, 11) is 0. The molecule has 0 spiro atoms. The van der Waals surface area contributed by atoms with Gasteiger partial charge in [-0.1, -0.05) is 0 Å². The van der Waals surface area contributed by atoms with Gasteiger partial charge in [0.25, 0.3) is 6.43 Å². The molecule has 1 aromatic carbocycles. The second-order valence-electron chi connectivity index (χ2n) is 2.55. The first kappa shape index (κ1) is 10.4. The minimum Gasteiger partial charge on any atom is -0.298 e. The molecule has 1 aromatic rings. The van der Waals surface area contributed by atoms with E-state index in [9.17, 15) is 22.8 Å². The third kappa shape index (κ3) is 1.81. The van der Waals surface area contributed by atoms with Crippen LogP contribution in [0.25, 0.3) is 0 Å². The van der Waals surface area contributed by atoms with Crippen molar-refractivity contribution in [3.63, 3.8) is 0 Å². The number of carbonyl (C=O) groups is 2. The molecule has 5 heteroatoms. The molecule has 0 heterocycles. The molecular formula is C9H5F3O2. The van der Waals surface area contributed by atoms with Gasteiger partial charge in [0, 0.05) is 5.56 Å². The van der Waals surface area contributed by atoms with Crippen LogP contribution in [0.2, 0.25) is 0 Å². The molecule has 0 saturated carbocycles. The summed E-state index contributed by atoms with van der Waals surface area (Å²) in [6.07, 6.45) is -2.68. The highest BCUT2D eigenvalue weighted by Crippen LogP contribution is 2.24. The van der Waals surface area contributed by atoms with E-state index in [1.807, 2.05) is 0 Å². The van der Waals surface area contributed by atoms with Crippen LogP contribution in [-0.2, 0) is 0 Å². The van der Waals surface area contributed by atoms with Crippen molar-refractivity contribution >= 4 is 12.6 Å². The Morgan fingerprint density at radius 3 is 2.21 bits per heavy atom. The topological polar surface area (TPSA) is 34.1 Å². The van der Waals surface area contributed by atoms with Crippen molar-refractivity contribution < 1.29 is 22.8 Å². The van der Waals surface area contributed by atoms with E-state index in [-0.39, 0.29) is 18.1 Å². The second-order valence-corrected chi connectivity index (χ2v) is 2.55. The summed E-state index contributed by atoms with van der Waals surface area (Å²) in [5.41, 5.74) is -1.62. The summed E-state index contributed by atoms with van der Waals surface area (Å²) >= 11 is 0. The Morgan fingerprint density at radius 2 is 1.79 bits per heavy atom. The van der Waals surface area contributed by atoms with Crippen LogP contribution >= 0.6 is 0 Å². The van der Waals surface area contributed by atoms with Gasteiger partial charge in [-0.25, -0.2) is 13.2 Å². The molecular weight excluding hydrogens is 197 g/mol. The molecule has 74 valence electrons. The zero-order valence-electron chi connectivity index (χ0n) is 6.84. The molecule has 0 aliphatic rings. The quantitative estimate of drug-likeness (QED) is 0.705. The van der Waals surface area contributed by atoms with Crippen LogP contribution in [0.4, 0.5) is 13.2 Å².